The molecule has 0 saturated carbocycles. The minimum Gasteiger partial charge on any atom is -0.306 e. The lowest BCUT2D eigenvalue weighted by atomic mass is 9.99. The van der Waals surface area contributed by atoms with E-state index < -0.39 is 10.0 Å². The first-order valence-corrected chi connectivity index (χ1v) is 8.62. The van der Waals surface area contributed by atoms with Gasteiger partial charge in [0.05, 0.1) is 4.90 Å². The zero-order valence-corrected chi connectivity index (χ0v) is 13.3. The third-order valence-electron chi connectivity index (χ3n) is 3.92. The van der Waals surface area contributed by atoms with Crippen LogP contribution in [0.4, 0.5) is 0 Å². The van der Waals surface area contributed by atoms with Crippen molar-refractivity contribution in [1.82, 2.24) is 9.62 Å². The molecule has 4 nitrogen and oxygen atoms in total. The van der Waals surface area contributed by atoms with Gasteiger partial charge < -0.3 is 4.90 Å². The lowest BCUT2D eigenvalue weighted by Crippen LogP contribution is -2.39. The molecule has 1 aromatic rings. The Labute approximate surface area is 122 Å². The van der Waals surface area contributed by atoms with Crippen molar-refractivity contribution in [3.05, 3.63) is 29.3 Å². The molecule has 1 fully saturated rings. The van der Waals surface area contributed by atoms with Gasteiger partial charge in [-0.25, -0.2) is 13.1 Å². The Balaban J connectivity index is 2.05. The second-order valence-corrected chi connectivity index (χ2v) is 7.63. The number of aryl methyl sites for hydroxylation is 2. The molecule has 0 amide bonds. The number of likely N-dealkylation sites (tertiary alicyclic amines) is 1. The monoisotopic (exact) mass is 296 g/mol. The van der Waals surface area contributed by atoms with E-state index >= 15 is 0 Å². The molecule has 0 aliphatic carbocycles. The minimum atomic E-state index is -3.40. The van der Waals surface area contributed by atoms with Crippen molar-refractivity contribution in [2.45, 2.75) is 31.6 Å². The van der Waals surface area contributed by atoms with E-state index in [0.717, 1.165) is 37.1 Å². The lowest BCUT2D eigenvalue weighted by Gasteiger charge is -2.29. The first kappa shape index (κ1) is 15.5. The number of piperidine rings is 1. The summed E-state index contributed by atoms with van der Waals surface area (Å²) in [6.45, 7) is 6.35. The molecule has 1 aromatic carbocycles. The molecular formula is C15H24N2O2S. The van der Waals surface area contributed by atoms with Crippen LogP contribution < -0.4 is 4.72 Å². The van der Waals surface area contributed by atoms with Gasteiger partial charge in [0, 0.05) is 13.1 Å². The summed E-state index contributed by atoms with van der Waals surface area (Å²) in [5, 5.41) is 0. The molecule has 0 aromatic heterocycles. The SMILES string of the molecule is Cc1ccc(C)c(S(=O)(=O)NCC2CCCN(C)C2)c1. The smallest absolute Gasteiger partial charge is 0.240 e. The van der Waals surface area contributed by atoms with Crippen molar-refractivity contribution in [3.8, 4) is 0 Å². The van der Waals surface area contributed by atoms with Gasteiger partial charge in [0.25, 0.3) is 0 Å². The van der Waals surface area contributed by atoms with E-state index in [-0.39, 0.29) is 0 Å². The summed E-state index contributed by atoms with van der Waals surface area (Å²) in [7, 11) is -1.31. The van der Waals surface area contributed by atoms with Crippen LogP contribution in [0, 0.1) is 19.8 Å². The van der Waals surface area contributed by atoms with E-state index in [0.29, 0.717) is 17.4 Å². The number of sulfonamides is 1. The Hall–Kier alpha value is -0.910. The number of rotatable bonds is 4. The summed E-state index contributed by atoms with van der Waals surface area (Å²) >= 11 is 0. The van der Waals surface area contributed by atoms with Crippen molar-refractivity contribution >= 4 is 10.0 Å². The first-order valence-electron chi connectivity index (χ1n) is 7.14. The molecular weight excluding hydrogens is 272 g/mol. The van der Waals surface area contributed by atoms with Crippen LogP contribution in [0.25, 0.3) is 0 Å². The van der Waals surface area contributed by atoms with Crippen LogP contribution in [-0.2, 0) is 10.0 Å². The maximum atomic E-state index is 12.4. The fourth-order valence-corrected chi connectivity index (χ4v) is 4.19. The Morgan fingerprint density at radius 1 is 1.35 bits per heavy atom. The maximum absolute atomic E-state index is 12.4. The highest BCUT2D eigenvalue weighted by atomic mass is 32.2. The quantitative estimate of drug-likeness (QED) is 0.923. The van der Waals surface area contributed by atoms with E-state index in [4.69, 9.17) is 0 Å². The topological polar surface area (TPSA) is 49.4 Å². The first-order chi connectivity index (χ1) is 9.38. The molecule has 0 radical (unpaired) electrons. The largest absolute Gasteiger partial charge is 0.306 e. The van der Waals surface area contributed by atoms with Crippen LogP contribution in [0.3, 0.4) is 0 Å². The number of hydrogen-bond acceptors (Lipinski definition) is 3. The third-order valence-corrected chi connectivity index (χ3v) is 5.48. The molecule has 1 unspecified atom stereocenters. The zero-order chi connectivity index (χ0) is 14.8. The summed E-state index contributed by atoms with van der Waals surface area (Å²) in [6.07, 6.45) is 2.24. The average molecular weight is 296 g/mol. The molecule has 1 atom stereocenters. The predicted octanol–water partition coefficient (Wildman–Crippen LogP) is 1.92. The molecule has 20 heavy (non-hydrogen) atoms. The molecule has 0 bridgehead atoms. The predicted molar refractivity (Wildman–Crippen MR) is 81.3 cm³/mol. The molecule has 1 aliphatic heterocycles. The number of nitrogens with one attached hydrogen (secondary N) is 1. The van der Waals surface area contributed by atoms with Gasteiger partial charge in [-0.05, 0) is 63.4 Å². The molecule has 1 aliphatic rings. The van der Waals surface area contributed by atoms with Gasteiger partial charge in [0.2, 0.25) is 10.0 Å². The van der Waals surface area contributed by atoms with Crippen molar-refractivity contribution in [2.24, 2.45) is 5.92 Å². The maximum Gasteiger partial charge on any atom is 0.240 e. The summed E-state index contributed by atoms with van der Waals surface area (Å²) in [4.78, 5) is 2.67. The van der Waals surface area contributed by atoms with E-state index in [9.17, 15) is 8.42 Å². The second kappa shape index (κ2) is 6.24. The number of hydrogen-bond donors (Lipinski definition) is 1. The second-order valence-electron chi connectivity index (χ2n) is 5.89. The van der Waals surface area contributed by atoms with E-state index in [1.807, 2.05) is 26.0 Å². The molecule has 1 N–H and O–H groups in total. The normalized spacial score (nSPS) is 21.1. The van der Waals surface area contributed by atoms with Gasteiger partial charge in [-0.3, -0.25) is 0 Å². The Morgan fingerprint density at radius 3 is 2.80 bits per heavy atom. The zero-order valence-electron chi connectivity index (χ0n) is 12.5. The highest BCUT2D eigenvalue weighted by molar-refractivity contribution is 7.89. The molecule has 5 heteroatoms. The van der Waals surface area contributed by atoms with Crippen molar-refractivity contribution in [1.29, 1.82) is 0 Å². The summed E-state index contributed by atoms with van der Waals surface area (Å²) < 4.78 is 27.6. The van der Waals surface area contributed by atoms with Crippen LogP contribution in [-0.4, -0.2) is 40.0 Å². The van der Waals surface area contributed by atoms with Crippen molar-refractivity contribution in [3.63, 3.8) is 0 Å². The minimum absolute atomic E-state index is 0.404. The van der Waals surface area contributed by atoms with E-state index in [2.05, 4.69) is 16.7 Å². The van der Waals surface area contributed by atoms with Crippen molar-refractivity contribution < 1.29 is 8.42 Å². The van der Waals surface area contributed by atoms with Crippen molar-refractivity contribution in [2.75, 3.05) is 26.7 Å². The van der Waals surface area contributed by atoms with Crippen LogP contribution in [0.1, 0.15) is 24.0 Å². The van der Waals surface area contributed by atoms with E-state index in [1.165, 1.54) is 0 Å². The van der Waals surface area contributed by atoms with Gasteiger partial charge >= 0.3 is 0 Å². The Morgan fingerprint density at radius 2 is 2.10 bits per heavy atom. The van der Waals surface area contributed by atoms with E-state index in [1.54, 1.807) is 6.07 Å². The third kappa shape index (κ3) is 3.81. The summed E-state index contributed by atoms with van der Waals surface area (Å²) in [6, 6.07) is 5.54. The summed E-state index contributed by atoms with van der Waals surface area (Å²) in [5.74, 6) is 0.411. The summed E-state index contributed by atoms with van der Waals surface area (Å²) in [5.41, 5.74) is 1.76. The Kier molecular flexibility index (Phi) is 4.83. The van der Waals surface area contributed by atoms with Crippen LogP contribution in [0.5, 0.6) is 0 Å². The van der Waals surface area contributed by atoms with Crippen LogP contribution >= 0.6 is 0 Å². The number of nitrogens with zero attached hydrogens (tertiary/aromatic N) is 1. The molecule has 1 saturated heterocycles. The van der Waals surface area contributed by atoms with Crippen LogP contribution in [0.2, 0.25) is 0 Å². The van der Waals surface area contributed by atoms with Gasteiger partial charge in [-0.2, -0.15) is 0 Å². The van der Waals surface area contributed by atoms with Gasteiger partial charge in [-0.1, -0.05) is 12.1 Å². The molecule has 2 rings (SSSR count). The van der Waals surface area contributed by atoms with Crippen LogP contribution in [0.15, 0.2) is 23.1 Å². The fourth-order valence-electron chi connectivity index (χ4n) is 2.74. The molecule has 0 spiro atoms. The number of benzene rings is 1. The van der Waals surface area contributed by atoms with Gasteiger partial charge in [-0.15, -0.1) is 0 Å². The highest BCUT2D eigenvalue weighted by Gasteiger charge is 2.21. The molecule has 112 valence electrons. The highest BCUT2D eigenvalue weighted by Crippen LogP contribution is 2.18. The Bertz CT molecular complexity index is 569. The molecule has 1 heterocycles. The standard InChI is InChI=1S/C15H24N2O2S/c1-12-6-7-13(2)15(9-12)20(18,19)16-10-14-5-4-8-17(3)11-14/h6-7,9,14,16H,4-5,8,10-11H2,1-3H3. The van der Waals surface area contributed by atoms with Gasteiger partial charge in [0.1, 0.15) is 0 Å². The fraction of sp³-hybridized carbons (Fsp3) is 0.600. The lowest BCUT2D eigenvalue weighted by molar-refractivity contribution is 0.211. The average Bonchev–Trinajstić information content (AvgIpc) is 2.39. The van der Waals surface area contributed by atoms with Gasteiger partial charge in [0.15, 0.2) is 0 Å².